The quantitative estimate of drug-likeness (QED) is 0.433. The average molecular weight is 455 g/mol. The highest BCUT2D eigenvalue weighted by Crippen LogP contribution is 2.37. The van der Waals surface area contributed by atoms with Crippen LogP contribution in [0.15, 0.2) is 36.5 Å². The normalized spacial score (nSPS) is 14.2. The molecular weight excluding hydrogens is 442 g/mol. The highest BCUT2D eigenvalue weighted by Gasteiger charge is 2.27. The Hall–Kier alpha value is -4.16. The van der Waals surface area contributed by atoms with Gasteiger partial charge in [0.15, 0.2) is 17.2 Å². The maximum Gasteiger partial charge on any atom is 0.387 e. The van der Waals surface area contributed by atoms with E-state index in [1.54, 1.807) is 0 Å². The first kappa shape index (κ1) is 22.5. The lowest BCUT2D eigenvalue weighted by Gasteiger charge is -2.22. The summed E-state index contributed by atoms with van der Waals surface area (Å²) in [6, 6.07) is 4.50. The number of benzene rings is 1. The Morgan fingerprint density at radius 2 is 1.81 bits per heavy atom. The van der Waals surface area contributed by atoms with E-state index in [-0.39, 0.29) is 28.9 Å². The third kappa shape index (κ3) is 5.11. The second-order valence-electron chi connectivity index (χ2n) is 6.15. The van der Waals surface area contributed by atoms with Crippen LogP contribution in [0.5, 0.6) is 11.5 Å². The molecule has 0 spiro atoms. The summed E-state index contributed by atoms with van der Waals surface area (Å²) in [5.41, 5.74) is -0.749. The third-order valence-electron chi connectivity index (χ3n) is 4.12. The van der Waals surface area contributed by atoms with E-state index >= 15 is 0 Å². The number of amides is 2. The lowest BCUT2D eigenvalue weighted by atomic mass is 9.94. The number of anilines is 1. The van der Waals surface area contributed by atoms with Crippen molar-refractivity contribution in [3.05, 3.63) is 53.4 Å². The van der Waals surface area contributed by atoms with Crippen molar-refractivity contribution in [2.45, 2.75) is 19.8 Å². The summed E-state index contributed by atoms with van der Waals surface area (Å²) < 4.78 is 59.1. The number of carboxylic acid groups (broad SMARTS) is 1. The van der Waals surface area contributed by atoms with Gasteiger partial charge in [-0.15, -0.1) is 0 Å². The number of hydrogen-bond acceptors (Lipinski definition) is 6. The number of pyridine rings is 1. The number of nitrogens with zero attached hydrogens (tertiary/aromatic N) is 1. The number of halogens is 4. The molecule has 2 amide bonds. The molecule has 168 valence electrons. The summed E-state index contributed by atoms with van der Waals surface area (Å²) in [4.78, 5) is 39.6. The second kappa shape index (κ2) is 9.32. The highest BCUT2D eigenvalue weighted by atomic mass is 19.3. The molecule has 0 saturated carbocycles. The van der Waals surface area contributed by atoms with Gasteiger partial charge in [-0.1, -0.05) is 0 Å². The largest absolute Gasteiger partial charge is 0.476 e. The van der Waals surface area contributed by atoms with Crippen LogP contribution in [0.1, 0.15) is 21.6 Å². The average Bonchev–Trinajstić information content (AvgIpc) is 2.70. The van der Waals surface area contributed by atoms with Crippen molar-refractivity contribution in [3.63, 3.8) is 0 Å². The topological polar surface area (TPSA) is 127 Å². The lowest BCUT2D eigenvalue weighted by Crippen LogP contribution is -2.30. The van der Waals surface area contributed by atoms with E-state index in [0.717, 1.165) is 18.2 Å². The summed E-state index contributed by atoms with van der Waals surface area (Å²) in [6.07, 6.45) is 2.00. The maximum atomic E-state index is 12.7. The molecule has 0 fully saturated rings. The van der Waals surface area contributed by atoms with E-state index in [4.69, 9.17) is 5.11 Å². The lowest BCUT2D eigenvalue weighted by molar-refractivity contribution is -0.116. The van der Waals surface area contributed by atoms with Gasteiger partial charge < -0.3 is 25.2 Å². The molecule has 0 radical (unpaired) electrons. The fourth-order valence-electron chi connectivity index (χ4n) is 2.89. The van der Waals surface area contributed by atoms with Crippen molar-refractivity contribution in [2.24, 2.45) is 0 Å². The molecule has 13 heteroatoms. The van der Waals surface area contributed by atoms with Gasteiger partial charge in [0.05, 0.1) is 11.3 Å². The molecule has 0 atom stereocenters. The van der Waals surface area contributed by atoms with Gasteiger partial charge >= 0.3 is 19.2 Å². The van der Waals surface area contributed by atoms with Crippen molar-refractivity contribution in [2.75, 3.05) is 5.32 Å². The van der Waals surface area contributed by atoms with Gasteiger partial charge in [-0.2, -0.15) is 17.6 Å². The number of nitrogens with one attached hydrogen (secondary N) is 2. The van der Waals surface area contributed by atoms with E-state index in [0.29, 0.717) is 0 Å². The van der Waals surface area contributed by atoms with Crippen LogP contribution in [-0.4, -0.2) is 41.1 Å². The van der Waals surface area contributed by atoms with Crippen LogP contribution in [-0.2, 0) is 16.1 Å². The number of aromatic nitrogens is 1. The monoisotopic (exact) mass is 455 g/mol. The Kier molecular flexibility index (Phi) is 6.56. The molecule has 32 heavy (non-hydrogen) atoms. The minimum Gasteiger partial charge on any atom is -0.476 e. The summed E-state index contributed by atoms with van der Waals surface area (Å²) in [7, 11) is 0. The van der Waals surface area contributed by atoms with Gasteiger partial charge in [0.1, 0.15) is 0 Å². The molecule has 1 aromatic heterocycles. The number of alkyl halides is 4. The van der Waals surface area contributed by atoms with E-state index in [2.05, 4.69) is 25.1 Å². The minimum absolute atomic E-state index is 0.0363. The molecule has 0 saturated heterocycles. The van der Waals surface area contributed by atoms with Crippen molar-refractivity contribution in [1.82, 2.24) is 10.3 Å². The Morgan fingerprint density at radius 1 is 1.16 bits per heavy atom. The molecule has 3 rings (SSSR count). The number of carbonyl (C=O) groups is 3. The van der Waals surface area contributed by atoms with Crippen LogP contribution < -0.4 is 20.1 Å². The van der Waals surface area contributed by atoms with E-state index in [1.165, 1.54) is 18.3 Å². The molecule has 2 aromatic rings. The zero-order valence-electron chi connectivity index (χ0n) is 15.8. The predicted molar refractivity (Wildman–Crippen MR) is 99.4 cm³/mol. The van der Waals surface area contributed by atoms with E-state index < -0.39 is 48.2 Å². The molecule has 3 N–H and O–H groups in total. The molecular formula is C19H13F4N3O6. The van der Waals surface area contributed by atoms with E-state index in [9.17, 15) is 31.9 Å². The number of rotatable bonds is 7. The fourth-order valence-corrected chi connectivity index (χ4v) is 2.89. The van der Waals surface area contributed by atoms with Gasteiger partial charge in [0, 0.05) is 18.8 Å². The zero-order chi connectivity index (χ0) is 23.4. The minimum atomic E-state index is -3.37. The van der Waals surface area contributed by atoms with Gasteiger partial charge in [0.25, 0.3) is 5.91 Å². The highest BCUT2D eigenvalue weighted by molar-refractivity contribution is 6.26. The fraction of sp³-hybridized carbons (Fsp3) is 0.158. The smallest absolute Gasteiger partial charge is 0.387 e. The first-order chi connectivity index (χ1) is 15.2. The second-order valence-corrected chi connectivity index (χ2v) is 6.15. The summed E-state index contributed by atoms with van der Waals surface area (Å²) in [6.45, 7) is -6.86. The standard InChI is InChI=1S/C19H13F4N3O6/c20-18(21)31-12-4-8-7-25-16(28)10(9(8)5-13(12)32-19(22)23)6-14(27)26-11-2-1-3-24-15(11)17(29)30/h1-6,18-19H,7H2,(H,25,28)(H,26,27)(H,29,30)/b10-6-. The van der Waals surface area contributed by atoms with Crippen molar-refractivity contribution in [3.8, 4) is 11.5 Å². The molecule has 1 aromatic carbocycles. The van der Waals surface area contributed by atoms with Crippen LogP contribution in [0, 0.1) is 0 Å². The molecule has 1 aliphatic rings. The van der Waals surface area contributed by atoms with Crippen molar-refractivity contribution >= 4 is 29.0 Å². The molecule has 9 nitrogen and oxygen atoms in total. The molecule has 2 heterocycles. The summed E-state index contributed by atoms with van der Waals surface area (Å²) in [5.74, 6) is -4.54. The number of aromatic carboxylic acids is 1. The van der Waals surface area contributed by atoms with Crippen LogP contribution >= 0.6 is 0 Å². The Bertz CT molecular complexity index is 1110. The first-order valence-corrected chi connectivity index (χ1v) is 8.71. The molecule has 0 aliphatic carbocycles. The number of hydrogen-bond donors (Lipinski definition) is 3. The number of fused-ring (bicyclic) bond motifs is 1. The summed E-state index contributed by atoms with van der Waals surface area (Å²) >= 11 is 0. The molecule has 0 bridgehead atoms. The SMILES string of the molecule is O=C(/C=C1\C(=O)NCc2cc(OC(F)F)c(OC(F)F)cc21)Nc1cccnc1C(=O)O. The van der Waals surface area contributed by atoms with Gasteiger partial charge in [-0.3, -0.25) is 9.59 Å². The maximum absolute atomic E-state index is 12.7. The van der Waals surface area contributed by atoms with Crippen molar-refractivity contribution in [1.29, 1.82) is 0 Å². The Labute approximate surface area is 176 Å². The summed E-state index contributed by atoms with van der Waals surface area (Å²) in [5, 5.41) is 13.8. The van der Waals surface area contributed by atoms with Crippen molar-refractivity contribution < 1.29 is 46.5 Å². The number of carbonyl (C=O) groups excluding carboxylic acids is 2. The van der Waals surface area contributed by atoms with E-state index in [1.807, 2.05) is 0 Å². The third-order valence-corrected chi connectivity index (χ3v) is 4.12. The predicted octanol–water partition coefficient (Wildman–Crippen LogP) is 2.63. The van der Waals surface area contributed by atoms with Gasteiger partial charge in [0.2, 0.25) is 5.91 Å². The van der Waals surface area contributed by atoms with Gasteiger partial charge in [-0.25, -0.2) is 9.78 Å². The Balaban J connectivity index is 2.00. The van der Waals surface area contributed by atoms with Crippen LogP contribution in [0.2, 0.25) is 0 Å². The first-order valence-electron chi connectivity index (χ1n) is 8.71. The zero-order valence-corrected chi connectivity index (χ0v) is 15.8. The van der Waals surface area contributed by atoms with Crippen LogP contribution in [0.3, 0.4) is 0 Å². The van der Waals surface area contributed by atoms with Crippen LogP contribution in [0.25, 0.3) is 5.57 Å². The van der Waals surface area contributed by atoms with Gasteiger partial charge in [-0.05, 0) is 35.4 Å². The number of carboxylic acids is 1. The molecule has 1 aliphatic heterocycles. The van der Waals surface area contributed by atoms with Crippen LogP contribution in [0.4, 0.5) is 23.2 Å². The number of ether oxygens (including phenoxy) is 2. The Morgan fingerprint density at radius 3 is 2.44 bits per heavy atom. The molecule has 0 unspecified atom stereocenters.